The number of thiophene rings is 1. The lowest BCUT2D eigenvalue weighted by molar-refractivity contribution is -0.115. The number of hydrogen-bond donors (Lipinski definition) is 5. The Kier molecular flexibility index (Phi) is 8.80. The van der Waals surface area contributed by atoms with Gasteiger partial charge in [-0.1, -0.05) is 11.6 Å². The highest BCUT2D eigenvalue weighted by Crippen LogP contribution is 2.34. The van der Waals surface area contributed by atoms with E-state index >= 15 is 0 Å². The molecule has 0 saturated carbocycles. The molecule has 10 nitrogen and oxygen atoms in total. The number of nitrogens with one attached hydrogen (secondary N) is 4. The lowest BCUT2D eigenvalue weighted by Gasteiger charge is -2.12. The average molecular weight is 525 g/mol. The molecule has 0 radical (unpaired) electrons. The van der Waals surface area contributed by atoms with Crippen LogP contribution in [0.2, 0.25) is 5.02 Å². The Morgan fingerprint density at radius 1 is 1.15 bits per heavy atom. The highest BCUT2D eigenvalue weighted by atomic mass is 35.5. The van der Waals surface area contributed by atoms with Crippen LogP contribution >= 0.6 is 22.9 Å². The van der Waals surface area contributed by atoms with Crippen LogP contribution in [-0.4, -0.2) is 54.3 Å². The van der Waals surface area contributed by atoms with Crippen LogP contribution in [0.1, 0.15) is 13.8 Å². The van der Waals surface area contributed by atoms with Crippen molar-refractivity contribution in [3.63, 3.8) is 0 Å². The van der Waals surface area contributed by atoms with E-state index in [9.17, 15) is 13.2 Å². The Labute approximate surface area is 206 Å². The van der Waals surface area contributed by atoms with Gasteiger partial charge in [-0.2, -0.15) is 4.98 Å². The van der Waals surface area contributed by atoms with E-state index < -0.39 is 15.1 Å². The molecule has 1 aromatic carbocycles. The normalized spacial score (nSPS) is 11.4. The minimum atomic E-state index is -3.47. The first kappa shape index (κ1) is 25.8. The molecule has 0 atom stereocenters. The van der Waals surface area contributed by atoms with E-state index in [0.717, 1.165) is 11.3 Å². The maximum atomic E-state index is 12.6. The van der Waals surface area contributed by atoms with Crippen molar-refractivity contribution in [2.24, 2.45) is 0 Å². The van der Waals surface area contributed by atoms with Gasteiger partial charge in [0, 0.05) is 17.9 Å². The number of aliphatic hydroxyl groups is 1. The van der Waals surface area contributed by atoms with E-state index in [1.54, 1.807) is 49.6 Å². The molecule has 2 heterocycles. The largest absolute Gasteiger partial charge is 0.395 e. The smallest absolute Gasteiger partial charge is 0.238 e. The van der Waals surface area contributed by atoms with Crippen LogP contribution in [0.15, 0.2) is 46.1 Å². The van der Waals surface area contributed by atoms with E-state index in [1.807, 2.05) is 0 Å². The first-order valence-electron chi connectivity index (χ1n) is 10.3. The van der Waals surface area contributed by atoms with Gasteiger partial charge in [0.25, 0.3) is 0 Å². The second-order valence-corrected chi connectivity index (χ2v) is 11.4. The van der Waals surface area contributed by atoms with Gasteiger partial charge in [0.15, 0.2) is 15.7 Å². The quantitative estimate of drug-likeness (QED) is 0.238. The molecule has 0 unspecified atom stereocenters. The predicted octanol–water partition coefficient (Wildman–Crippen LogP) is 3.38. The molecular formula is C21H25ClN6O4S2. The van der Waals surface area contributed by atoms with Gasteiger partial charge in [0.05, 0.1) is 30.3 Å². The topological polar surface area (TPSA) is 145 Å². The minimum Gasteiger partial charge on any atom is -0.395 e. The van der Waals surface area contributed by atoms with Crippen molar-refractivity contribution in [3.05, 3.63) is 46.9 Å². The van der Waals surface area contributed by atoms with Gasteiger partial charge in [0.1, 0.15) is 9.23 Å². The number of sulfone groups is 1. The van der Waals surface area contributed by atoms with Crippen LogP contribution in [0.4, 0.5) is 28.8 Å². The molecule has 0 saturated heterocycles. The summed E-state index contributed by atoms with van der Waals surface area (Å²) >= 11 is 7.37. The van der Waals surface area contributed by atoms with Gasteiger partial charge in [0.2, 0.25) is 11.9 Å². The molecule has 0 spiro atoms. The molecule has 3 rings (SSSR count). The third-order valence-electron chi connectivity index (χ3n) is 4.50. The van der Waals surface area contributed by atoms with Crippen LogP contribution in [0, 0.1) is 0 Å². The van der Waals surface area contributed by atoms with E-state index in [4.69, 9.17) is 16.7 Å². The summed E-state index contributed by atoms with van der Waals surface area (Å²) in [4.78, 5) is 20.4. The number of carbonyl (C=O) groups excluding carboxylic acids is 1. The maximum Gasteiger partial charge on any atom is 0.238 e. The minimum absolute atomic E-state index is 0.0386. The Morgan fingerprint density at radius 3 is 2.53 bits per heavy atom. The molecule has 13 heteroatoms. The number of nitrogens with zero attached hydrogens (tertiary/aromatic N) is 2. The van der Waals surface area contributed by atoms with Crippen molar-refractivity contribution < 1.29 is 18.3 Å². The van der Waals surface area contributed by atoms with E-state index in [2.05, 4.69) is 31.2 Å². The number of amides is 1. The average Bonchev–Trinajstić information content (AvgIpc) is 3.26. The molecule has 1 amide bonds. The Balaban J connectivity index is 1.70. The number of aliphatic hydroxyl groups excluding tert-OH is 1. The van der Waals surface area contributed by atoms with Crippen LogP contribution in [0.25, 0.3) is 0 Å². The SMILES string of the molecule is CC(C)S(=O)(=O)c1sccc1Nc1nc(Nc2ccc(NC(=O)CNCCO)cc2)ncc1Cl. The van der Waals surface area contributed by atoms with Gasteiger partial charge >= 0.3 is 0 Å². The first-order valence-corrected chi connectivity index (χ1v) is 13.1. The molecule has 0 aliphatic rings. The van der Waals surface area contributed by atoms with Crippen molar-refractivity contribution >= 4 is 67.5 Å². The van der Waals surface area contributed by atoms with Crippen LogP contribution in [-0.2, 0) is 14.6 Å². The number of carbonyl (C=O) groups is 1. The summed E-state index contributed by atoms with van der Waals surface area (Å²) in [6.07, 6.45) is 1.41. The highest BCUT2D eigenvalue weighted by Gasteiger charge is 2.25. The fourth-order valence-electron chi connectivity index (χ4n) is 2.72. The van der Waals surface area contributed by atoms with Gasteiger partial charge in [-0.25, -0.2) is 13.4 Å². The summed E-state index contributed by atoms with van der Waals surface area (Å²) in [5, 5.41) is 21.7. The van der Waals surface area contributed by atoms with Crippen molar-refractivity contribution in [3.8, 4) is 0 Å². The highest BCUT2D eigenvalue weighted by molar-refractivity contribution is 7.94. The summed E-state index contributed by atoms with van der Waals surface area (Å²) in [6.45, 7) is 3.66. The lowest BCUT2D eigenvalue weighted by atomic mass is 10.3. The van der Waals surface area contributed by atoms with Gasteiger partial charge in [-0.05, 0) is 49.6 Å². The van der Waals surface area contributed by atoms with E-state index in [-0.39, 0.29) is 40.1 Å². The number of rotatable bonds is 11. The summed E-state index contributed by atoms with van der Waals surface area (Å²) < 4.78 is 25.4. The molecule has 5 N–H and O–H groups in total. The molecule has 0 aliphatic heterocycles. The third kappa shape index (κ3) is 6.64. The number of hydrogen-bond acceptors (Lipinski definition) is 10. The van der Waals surface area contributed by atoms with Crippen molar-refractivity contribution in [2.75, 3.05) is 35.6 Å². The zero-order valence-electron chi connectivity index (χ0n) is 18.5. The zero-order valence-corrected chi connectivity index (χ0v) is 20.9. The van der Waals surface area contributed by atoms with E-state index in [0.29, 0.717) is 23.6 Å². The Morgan fingerprint density at radius 2 is 1.85 bits per heavy atom. The molecule has 34 heavy (non-hydrogen) atoms. The number of benzene rings is 1. The standard InChI is InChI=1S/C21H25ClN6O4S2/c1-13(2)34(31,32)20-17(7-10-33-20)27-19-16(22)11-24-21(28-19)26-15-5-3-14(4-6-15)25-18(30)12-23-8-9-29/h3-7,10-11,13,23,29H,8-9,12H2,1-2H3,(H,25,30)(H2,24,26,27,28). The van der Waals surface area contributed by atoms with Crippen LogP contribution < -0.4 is 21.3 Å². The fourth-order valence-corrected chi connectivity index (χ4v) is 5.56. The fraction of sp³-hybridized carbons (Fsp3) is 0.286. The summed E-state index contributed by atoms with van der Waals surface area (Å²) in [6, 6.07) is 8.59. The van der Waals surface area contributed by atoms with Gasteiger partial charge in [-0.15, -0.1) is 11.3 Å². The van der Waals surface area contributed by atoms with Crippen LogP contribution in [0.3, 0.4) is 0 Å². The van der Waals surface area contributed by atoms with Gasteiger partial charge < -0.3 is 26.4 Å². The first-order chi connectivity index (χ1) is 16.2. The Bertz CT molecular complexity index is 1230. The number of anilines is 5. The molecule has 182 valence electrons. The molecule has 2 aromatic heterocycles. The molecule has 0 fully saturated rings. The molecular weight excluding hydrogens is 500 g/mol. The number of halogens is 1. The van der Waals surface area contributed by atoms with Crippen LogP contribution in [0.5, 0.6) is 0 Å². The Hall–Kier alpha value is -2.77. The monoisotopic (exact) mass is 524 g/mol. The molecule has 3 aromatic rings. The van der Waals surface area contributed by atoms with Gasteiger partial charge in [-0.3, -0.25) is 4.79 Å². The maximum absolute atomic E-state index is 12.6. The second-order valence-electron chi connectivity index (χ2n) is 7.38. The van der Waals surface area contributed by atoms with Crippen molar-refractivity contribution in [1.29, 1.82) is 0 Å². The molecule has 0 aliphatic carbocycles. The second kappa shape index (κ2) is 11.6. The third-order valence-corrected chi connectivity index (χ3v) is 8.45. The number of aromatic nitrogens is 2. The van der Waals surface area contributed by atoms with E-state index in [1.165, 1.54) is 6.20 Å². The molecule has 0 bridgehead atoms. The predicted molar refractivity (Wildman–Crippen MR) is 135 cm³/mol. The summed E-state index contributed by atoms with van der Waals surface area (Å²) in [5.41, 5.74) is 1.68. The summed E-state index contributed by atoms with van der Waals surface area (Å²) in [7, 11) is -3.47. The lowest BCUT2D eigenvalue weighted by Crippen LogP contribution is -2.29. The van der Waals surface area contributed by atoms with Crippen molar-refractivity contribution in [1.82, 2.24) is 15.3 Å². The summed E-state index contributed by atoms with van der Waals surface area (Å²) in [5.74, 6) is 0.288. The zero-order chi connectivity index (χ0) is 24.7. The van der Waals surface area contributed by atoms with Crippen molar-refractivity contribution in [2.45, 2.75) is 23.3 Å².